The lowest BCUT2D eigenvalue weighted by molar-refractivity contribution is -0.128. The molecule has 0 aromatic rings. The molecule has 0 radical (unpaired) electrons. The maximum Gasteiger partial charge on any atom is 0.238 e. The van der Waals surface area contributed by atoms with Crippen molar-refractivity contribution in [1.29, 1.82) is 0 Å². The summed E-state index contributed by atoms with van der Waals surface area (Å²) in [6, 6.07) is -0.0501. The molecule has 0 spiro atoms. The van der Waals surface area contributed by atoms with E-state index in [4.69, 9.17) is 5.84 Å². The maximum absolute atomic E-state index is 11.2. The Hall–Kier alpha value is -1.14. The van der Waals surface area contributed by atoms with E-state index in [0.29, 0.717) is 0 Å². The fourth-order valence-electron chi connectivity index (χ4n) is 1.18. The molecule has 0 saturated heterocycles. The number of hydrogen-bond acceptors (Lipinski definition) is 4. The molecule has 88 valence electrons. The molecule has 0 heterocycles. The van der Waals surface area contributed by atoms with Gasteiger partial charge in [0, 0.05) is 13.1 Å². The minimum Gasteiger partial charge on any atom is -0.358 e. The van der Waals surface area contributed by atoms with Crippen LogP contribution in [0.25, 0.3) is 0 Å². The topological polar surface area (TPSA) is 87.5 Å². The van der Waals surface area contributed by atoms with Crippen LogP contribution in [0.1, 0.15) is 13.8 Å². The van der Waals surface area contributed by atoms with Crippen molar-refractivity contribution in [3.63, 3.8) is 0 Å². The highest BCUT2D eigenvalue weighted by atomic mass is 16.2. The zero-order valence-corrected chi connectivity index (χ0v) is 9.70. The summed E-state index contributed by atoms with van der Waals surface area (Å²) in [6.45, 7) is 3.91. The molecule has 15 heavy (non-hydrogen) atoms. The summed E-state index contributed by atoms with van der Waals surface area (Å²) in [6.07, 6.45) is 0. The van der Waals surface area contributed by atoms with Crippen molar-refractivity contribution in [1.82, 2.24) is 15.6 Å². The first kappa shape index (κ1) is 13.9. The molecule has 2 atom stereocenters. The van der Waals surface area contributed by atoms with Crippen molar-refractivity contribution in [2.24, 2.45) is 11.8 Å². The molecule has 0 aromatic carbocycles. The van der Waals surface area contributed by atoms with Gasteiger partial charge in [0.15, 0.2) is 0 Å². The van der Waals surface area contributed by atoms with E-state index in [0.717, 1.165) is 0 Å². The summed E-state index contributed by atoms with van der Waals surface area (Å²) in [7, 11) is 3.37. The van der Waals surface area contributed by atoms with Gasteiger partial charge in [0.2, 0.25) is 11.8 Å². The van der Waals surface area contributed by atoms with Gasteiger partial charge in [-0.2, -0.15) is 0 Å². The Morgan fingerprint density at radius 1 is 1.40 bits per heavy atom. The predicted molar refractivity (Wildman–Crippen MR) is 57.7 cm³/mol. The average molecular weight is 216 g/mol. The van der Waals surface area contributed by atoms with Crippen LogP contribution in [0.2, 0.25) is 0 Å². The maximum atomic E-state index is 11.2. The molecule has 6 heteroatoms. The van der Waals surface area contributed by atoms with Crippen molar-refractivity contribution in [3.05, 3.63) is 0 Å². The van der Waals surface area contributed by atoms with Crippen LogP contribution < -0.4 is 16.6 Å². The van der Waals surface area contributed by atoms with Crippen molar-refractivity contribution in [2.45, 2.75) is 19.9 Å². The first-order valence-electron chi connectivity index (χ1n) is 4.85. The Kier molecular flexibility index (Phi) is 5.88. The number of likely N-dealkylation sites (N-methyl/N-ethyl adjacent to an activating group) is 2. The first-order chi connectivity index (χ1) is 6.93. The lowest BCUT2D eigenvalue weighted by Gasteiger charge is -2.27. The van der Waals surface area contributed by atoms with Crippen LogP contribution in [0.5, 0.6) is 0 Å². The van der Waals surface area contributed by atoms with Gasteiger partial charge in [-0.3, -0.25) is 19.9 Å². The van der Waals surface area contributed by atoms with Crippen LogP contribution in [0.3, 0.4) is 0 Å². The summed E-state index contributed by atoms with van der Waals surface area (Å²) in [5.41, 5.74) is 2.10. The van der Waals surface area contributed by atoms with Crippen LogP contribution in [-0.4, -0.2) is 43.4 Å². The zero-order chi connectivity index (χ0) is 12.0. The van der Waals surface area contributed by atoms with E-state index in [1.54, 1.807) is 25.9 Å². The smallest absolute Gasteiger partial charge is 0.238 e. The van der Waals surface area contributed by atoms with Gasteiger partial charge >= 0.3 is 0 Å². The lowest BCUT2D eigenvalue weighted by atomic mass is 10.0. The number of hydrazine groups is 1. The Labute approximate surface area is 90.2 Å². The summed E-state index contributed by atoms with van der Waals surface area (Å²) < 4.78 is 0. The third-order valence-corrected chi connectivity index (χ3v) is 2.65. The number of carbonyl (C=O) groups is 2. The Morgan fingerprint density at radius 2 is 1.93 bits per heavy atom. The van der Waals surface area contributed by atoms with Crippen molar-refractivity contribution < 1.29 is 9.59 Å². The largest absolute Gasteiger partial charge is 0.358 e. The Bertz CT molecular complexity index is 232. The Balaban J connectivity index is 4.24. The van der Waals surface area contributed by atoms with E-state index >= 15 is 0 Å². The molecule has 6 nitrogen and oxygen atoms in total. The molecule has 4 N–H and O–H groups in total. The molecule has 2 amide bonds. The molecular weight excluding hydrogens is 196 g/mol. The number of rotatable bonds is 5. The molecule has 0 aromatic heterocycles. The normalized spacial score (nSPS) is 14.5. The van der Waals surface area contributed by atoms with Crippen LogP contribution in [0.15, 0.2) is 0 Å². The second-order valence-electron chi connectivity index (χ2n) is 3.63. The minimum atomic E-state index is -0.260. The lowest BCUT2D eigenvalue weighted by Crippen LogP contribution is -2.47. The Morgan fingerprint density at radius 3 is 2.33 bits per heavy atom. The first-order valence-corrected chi connectivity index (χ1v) is 4.85. The van der Waals surface area contributed by atoms with E-state index in [1.807, 2.05) is 6.92 Å². The number of nitrogens with zero attached hydrogens (tertiary/aromatic N) is 1. The number of amides is 2. The van der Waals surface area contributed by atoms with Gasteiger partial charge in [-0.15, -0.1) is 0 Å². The van der Waals surface area contributed by atoms with Crippen LogP contribution in [0.4, 0.5) is 0 Å². The second-order valence-corrected chi connectivity index (χ2v) is 3.63. The molecule has 2 unspecified atom stereocenters. The third kappa shape index (κ3) is 4.26. The summed E-state index contributed by atoms with van der Waals surface area (Å²) in [5, 5.41) is 2.53. The van der Waals surface area contributed by atoms with Gasteiger partial charge in [0.25, 0.3) is 0 Å². The van der Waals surface area contributed by atoms with E-state index < -0.39 is 0 Å². The SMILES string of the molecule is CNC(=O)CN(C)C(C)C(C)C(=O)NN. The highest BCUT2D eigenvalue weighted by Gasteiger charge is 2.23. The number of nitrogens with two attached hydrogens (primary N) is 1. The van der Waals surface area contributed by atoms with Gasteiger partial charge in [-0.05, 0) is 14.0 Å². The summed E-state index contributed by atoms with van der Waals surface area (Å²) in [4.78, 5) is 24.2. The van der Waals surface area contributed by atoms with Crippen LogP contribution in [0, 0.1) is 5.92 Å². The van der Waals surface area contributed by atoms with Gasteiger partial charge in [-0.1, -0.05) is 6.92 Å². The van der Waals surface area contributed by atoms with Crippen LogP contribution >= 0.6 is 0 Å². The third-order valence-electron chi connectivity index (χ3n) is 2.65. The highest BCUT2D eigenvalue weighted by Crippen LogP contribution is 2.08. The second kappa shape index (κ2) is 6.36. The summed E-state index contributed by atoms with van der Waals surface area (Å²) >= 11 is 0. The van der Waals surface area contributed by atoms with Crippen molar-refractivity contribution in [3.8, 4) is 0 Å². The monoisotopic (exact) mass is 216 g/mol. The summed E-state index contributed by atoms with van der Waals surface area (Å²) in [5.74, 6) is 4.47. The molecule has 0 aliphatic carbocycles. The van der Waals surface area contributed by atoms with E-state index in [9.17, 15) is 9.59 Å². The molecule has 0 aliphatic rings. The van der Waals surface area contributed by atoms with Gasteiger partial charge in [0.1, 0.15) is 0 Å². The van der Waals surface area contributed by atoms with Gasteiger partial charge in [-0.25, -0.2) is 5.84 Å². The molecule has 0 rings (SSSR count). The fourth-order valence-corrected chi connectivity index (χ4v) is 1.18. The van der Waals surface area contributed by atoms with E-state index in [-0.39, 0.29) is 30.3 Å². The van der Waals surface area contributed by atoms with Crippen LogP contribution in [-0.2, 0) is 9.59 Å². The zero-order valence-electron chi connectivity index (χ0n) is 9.70. The number of carbonyl (C=O) groups excluding carboxylic acids is 2. The van der Waals surface area contributed by atoms with E-state index in [1.165, 1.54) is 0 Å². The quantitative estimate of drug-likeness (QED) is 0.302. The minimum absolute atomic E-state index is 0.0501. The van der Waals surface area contributed by atoms with Gasteiger partial charge < -0.3 is 5.32 Å². The standard InChI is InChI=1S/C9H20N4O2/c1-6(9(15)12-10)7(2)13(4)5-8(14)11-3/h6-7H,5,10H2,1-4H3,(H,11,14)(H,12,15). The average Bonchev–Trinajstić information content (AvgIpc) is 2.25. The van der Waals surface area contributed by atoms with E-state index in [2.05, 4.69) is 10.7 Å². The fraction of sp³-hybridized carbons (Fsp3) is 0.778. The van der Waals surface area contributed by atoms with Crippen molar-refractivity contribution in [2.75, 3.05) is 20.6 Å². The number of hydrogen-bond donors (Lipinski definition) is 3. The molecule has 0 aliphatic heterocycles. The van der Waals surface area contributed by atoms with Gasteiger partial charge in [0.05, 0.1) is 12.5 Å². The molecule has 0 bridgehead atoms. The molecule has 0 saturated carbocycles. The number of nitrogens with one attached hydrogen (secondary N) is 2. The highest BCUT2D eigenvalue weighted by molar-refractivity contribution is 5.79. The predicted octanol–water partition coefficient (Wildman–Crippen LogP) is -1.32. The molecule has 0 fully saturated rings. The molecular formula is C9H20N4O2. The van der Waals surface area contributed by atoms with Crippen molar-refractivity contribution >= 4 is 11.8 Å².